The average molecular weight is 2100 g/mol. The van der Waals surface area contributed by atoms with Crippen LogP contribution in [0.25, 0.3) is 32.7 Å². The Labute approximate surface area is 788 Å². The van der Waals surface area contributed by atoms with Crippen molar-refractivity contribution in [2.75, 3.05) is 85.2 Å². The number of ketones is 1. The summed E-state index contributed by atoms with van der Waals surface area (Å²) in [6, 6.07) is 16.4. The van der Waals surface area contributed by atoms with E-state index in [1.165, 1.54) is 16.7 Å². The fourth-order valence-corrected chi connectivity index (χ4v) is 27.8. The molecule has 3 fully saturated rings. The SMILES string of the molecule is CCCC1(C)C(=CC=CC2=[N+](CCCCCC(=O)NC3CCN(c4nc(C)nc(N5CCC(C(=O)CCCCCCC(=O)NCCCCCCOP(=O)(O)OP(=O)(O)OP(=O)(O)OP(=O)(O)OP(=O)(O)OP(=O)(O)OC[C@H]6O[C@@H](n7cnc8c(=O)[nH]c(N)nc87)CC6O)CC5)n4)CC3)c3ccc4c(S(=O)(=O)O)cccc4c3C2(C)C)N(CCCS(=O)(=O)O)c2ccc3c(S(=O)(=O)O)cccc3c21. The highest BCUT2D eigenvalue weighted by Crippen LogP contribution is 2.75. The van der Waals surface area contributed by atoms with Crippen LogP contribution in [0.1, 0.15) is 192 Å². The number of aromatic nitrogens is 7. The van der Waals surface area contributed by atoms with E-state index in [-0.39, 0.29) is 102 Å². The lowest BCUT2D eigenvalue weighted by Gasteiger charge is -2.34. The molecule has 5 aliphatic rings. The Hall–Kier alpha value is -7.77. The van der Waals surface area contributed by atoms with Gasteiger partial charge >= 0.3 is 46.9 Å². The van der Waals surface area contributed by atoms with Crippen molar-refractivity contribution in [1.29, 1.82) is 0 Å². The number of amides is 2. The molecule has 0 spiro atoms. The topological polar surface area (TPSA) is 697 Å². The summed E-state index contributed by atoms with van der Waals surface area (Å²) in [5.74, 6) is 0.580. The first-order valence-corrected chi connectivity index (χ1v) is 57.7. The van der Waals surface area contributed by atoms with Gasteiger partial charge in [0.25, 0.3) is 35.9 Å². The summed E-state index contributed by atoms with van der Waals surface area (Å²) in [6.07, 6.45) is 13.3. The van der Waals surface area contributed by atoms with E-state index < -0.39 is 131 Å². The second-order valence-electron chi connectivity index (χ2n) is 34.6. The number of carbonyl (C=O) groups is 3. The Bertz CT molecular complexity index is 6540. The third kappa shape index (κ3) is 28.2. The number of carbonyl (C=O) groups excluding carboxylic acids is 3. The van der Waals surface area contributed by atoms with Crippen molar-refractivity contribution in [2.24, 2.45) is 5.92 Å². The molecule has 754 valence electrons. The molecule has 5 aliphatic heterocycles. The number of hydrogen-bond acceptors (Lipinski definition) is 34. The van der Waals surface area contributed by atoms with E-state index in [1.807, 2.05) is 56.0 Å². The first kappa shape index (κ1) is 108. The number of Topliss-reactive ketones (excluding diaryl/α,β-unsaturated/α-hetero) is 1. The standard InChI is InChI=1S/C80H112N14O34P6S3/c1-6-39-80(5)67(93(42-21-48-135(112,113)114)60-34-32-56-58(72(60)80)23-19-26-65(56)137(118,119)120)28-20-27-66-79(3,4)71-57-22-18-25-64(136(115,116)117)55(57)31-33-59(71)92(66)41-16-11-14-30-69(98)86-54-37-45-91(46-38-54)78-85-52(2)84-77(89-78)90-43-35-53(36-44-90)61(95)24-12-7-8-13-29-68(97)82-40-15-9-10-17-47-121-129(100,101)124-131(104,105)126-133(108,109)128-134(110,111)127-132(106,107)125-130(102,103)122-50-63-62(96)49-70(123-63)94-51-83-73-74(94)87-76(81)88-75(73)99/h18-20,22-23,25-28,31-34,51,53-54,62-63,70,96H,6-17,21,24,29-30,35-50H2,1-5H3,(H13-,81,82,86,87,88,97,98,99,100,101,102,103,104,105,106,107,108,109,110,111,112,113,114,115,116,117,118,119,120)/p+1/t62?,63-,70-,80?/m1/s1. The minimum atomic E-state index is -6.55. The van der Waals surface area contributed by atoms with Gasteiger partial charge in [-0.15, -0.1) is 0 Å². The lowest BCUT2D eigenvalue weighted by atomic mass is 9.75. The van der Waals surface area contributed by atoms with Crippen molar-refractivity contribution in [3.05, 3.63) is 118 Å². The lowest BCUT2D eigenvalue weighted by molar-refractivity contribution is -0.438. The summed E-state index contributed by atoms with van der Waals surface area (Å²) in [6.45, 7) is 11.5. The highest BCUT2D eigenvalue weighted by atomic mass is 32.2. The molecule has 4 aromatic carbocycles. The number of H-pyrrole nitrogens is 1. The highest BCUT2D eigenvalue weighted by molar-refractivity contribution is 7.86. The third-order valence-corrected chi connectivity index (χ3v) is 36.0. The van der Waals surface area contributed by atoms with E-state index in [9.17, 15) is 120 Å². The third-order valence-electron chi connectivity index (χ3n) is 24.2. The van der Waals surface area contributed by atoms with Crippen LogP contribution in [0.2, 0.25) is 0 Å². The van der Waals surface area contributed by atoms with Gasteiger partial charge in [-0.3, -0.25) is 51.4 Å². The number of piperidine rings is 2. The zero-order valence-electron chi connectivity index (χ0n) is 75.3. The van der Waals surface area contributed by atoms with Crippen LogP contribution in [0.5, 0.6) is 0 Å². The predicted octanol–water partition coefficient (Wildman–Crippen LogP) is 10.9. The van der Waals surface area contributed by atoms with E-state index in [2.05, 4.69) is 87.5 Å². The van der Waals surface area contributed by atoms with Crippen LogP contribution < -0.4 is 36.6 Å². The van der Waals surface area contributed by atoms with Crippen molar-refractivity contribution < 1.29 is 155 Å². The molecule has 48 nitrogen and oxygen atoms in total. The zero-order valence-corrected chi connectivity index (χ0v) is 83.1. The summed E-state index contributed by atoms with van der Waals surface area (Å²) in [4.78, 5) is 141. The number of aryl methyl sites for hydroxylation is 1. The molecule has 2 amide bonds. The normalized spacial score (nSPS) is 21.5. The second-order valence-corrected chi connectivity index (χ2v) is 48.4. The molecule has 0 saturated carbocycles. The quantitative estimate of drug-likeness (QED) is 0.00729. The minimum absolute atomic E-state index is 0.0300. The number of allylic oxidation sites excluding steroid dienone is 4. The molecule has 8 unspecified atom stereocenters. The van der Waals surface area contributed by atoms with Gasteiger partial charge in [0.2, 0.25) is 35.3 Å². The van der Waals surface area contributed by atoms with E-state index in [0.717, 1.165) is 41.0 Å². The van der Waals surface area contributed by atoms with Crippen molar-refractivity contribution in [3.8, 4) is 0 Å². The number of nitrogens with two attached hydrogens (primary N) is 1. The molecule has 15 N–H and O–H groups in total. The Morgan fingerprint density at radius 3 is 1.77 bits per heavy atom. The molecular formula is C80H113N14O34P6S3+. The summed E-state index contributed by atoms with van der Waals surface area (Å²) >= 11 is 0. The van der Waals surface area contributed by atoms with E-state index in [0.29, 0.717) is 180 Å². The number of nitrogen functional groups attached to an aromatic ring is 1. The number of fused-ring (bicyclic) bond motifs is 7. The number of benzene rings is 4. The number of rotatable bonds is 49. The number of nitrogens with one attached hydrogen (secondary N) is 3. The number of nitrogens with zero attached hydrogens (tertiary/aromatic N) is 10. The van der Waals surface area contributed by atoms with Gasteiger partial charge in [0.15, 0.2) is 16.9 Å². The summed E-state index contributed by atoms with van der Waals surface area (Å²) in [7, 11) is -50.9. The lowest BCUT2D eigenvalue weighted by Crippen LogP contribution is -2.45. The van der Waals surface area contributed by atoms with E-state index in [4.69, 9.17) is 15.5 Å². The fraction of sp³-hybridized carbons (Fsp3) is 0.550. The van der Waals surface area contributed by atoms with Gasteiger partial charge in [0.1, 0.15) is 40.3 Å². The van der Waals surface area contributed by atoms with Crippen LogP contribution in [0.15, 0.2) is 106 Å². The predicted molar refractivity (Wildman–Crippen MR) is 497 cm³/mol. The van der Waals surface area contributed by atoms with Crippen LogP contribution in [-0.4, -0.2) is 219 Å². The molecule has 10 atom stereocenters. The van der Waals surface area contributed by atoms with Crippen LogP contribution >= 0.6 is 46.9 Å². The maximum atomic E-state index is 13.7. The van der Waals surface area contributed by atoms with Gasteiger partial charge in [0, 0.05) is 129 Å². The fourth-order valence-electron chi connectivity index (χ4n) is 18.1. The van der Waals surface area contributed by atoms with Crippen LogP contribution in [0.3, 0.4) is 0 Å². The smallest absolute Gasteiger partial charge is 0.390 e. The Kier molecular flexibility index (Phi) is 35.0. The molecule has 137 heavy (non-hydrogen) atoms. The first-order valence-electron chi connectivity index (χ1n) is 44.2. The van der Waals surface area contributed by atoms with Crippen LogP contribution in [0, 0.1) is 12.8 Å². The maximum absolute atomic E-state index is 13.7. The molecule has 0 radical (unpaired) electrons. The van der Waals surface area contributed by atoms with Gasteiger partial charge in [-0.25, -0.2) is 32.4 Å². The molecule has 3 saturated heterocycles. The van der Waals surface area contributed by atoms with E-state index >= 15 is 0 Å². The number of unbranched alkanes of at least 4 members (excludes halogenated alkanes) is 8. The Balaban J connectivity index is 0.519. The van der Waals surface area contributed by atoms with Gasteiger partial charge in [-0.05, 0) is 151 Å². The van der Waals surface area contributed by atoms with E-state index in [1.54, 1.807) is 43.3 Å². The average Bonchev–Trinajstić information content (AvgIpc) is 1.56. The monoisotopic (exact) mass is 2100 g/mol. The number of imidazole rings is 1. The number of ether oxygens (including phenoxy) is 1. The molecular weight excluding hydrogens is 1980 g/mol. The van der Waals surface area contributed by atoms with Crippen molar-refractivity contribution in [3.63, 3.8) is 0 Å². The number of anilines is 4. The Morgan fingerprint density at radius 1 is 0.642 bits per heavy atom. The minimum Gasteiger partial charge on any atom is -0.390 e. The highest BCUT2D eigenvalue weighted by Gasteiger charge is 2.52. The zero-order chi connectivity index (χ0) is 99.8. The van der Waals surface area contributed by atoms with Crippen LogP contribution in [-0.2, 0) is 118 Å². The molecule has 3 aromatic heterocycles. The largest absolute Gasteiger partial charge is 0.490 e. The first-order chi connectivity index (χ1) is 64.2. The van der Waals surface area contributed by atoms with Gasteiger partial charge in [-0.2, -0.15) is 71.3 Å². The molecule has 7 aromatic rings. The van der Waals surface area contributed by atoms with Crippen molar-refractivity contribution in [1.82, 2.24) is 45.1 Å². The van der Waals surface area contributed by atoms with Crippen molar-refractivity contribution >= 4 is 163 Å². The van der Waals surface area contributed by atoms with Gasteiger partial charge in [-0.1, -0.05) is 75.4 Å². The van der Waals surface area contributed by atoms with Gasteiger partial charge < -0.3 is 70.3 Å². The molecule has 12 rings (SSSR count). The number of hydrogen-bond donors (Lipinski definition) is 14. The summed E-state index contributed by atoms with van der Waals surface area (Å²) < 4.78 is 217. The van der Waals surface area contributed by atoms with Crippen LogP contribution in [0.4, 0.5) is 29.2 Å². The Morgan fingerprint density at radius 2 is 1.18 bits per heavy atom. The second kappa shape index (κ2) is 44.4. The molecule has 8 heterocycles. The molecule has 0 aliphatic carbocycles. The molecule has 57 heteroatoms. The number of aliphatic hydroxyl groups is 1. The van der Waals surface area contributed by atoms with Gasteiger partial charge in [0.05, 0.1) is 36.8 Å². The maximum Gasteiger partial charge on any atom is 0.490 e. The number of phosphoric acid groups is 6. The van der Waals surface area contributed by atoms with Crippen molar-refractivity contribution in [2.45, 2.75) is 221 Å². The number of aliphatic hydroxyl groups excluding tert-OH is 1. The number of aromatic amines is 1. The molecule has 0 bridgehead atoms. The summed E-state index contributed by atoms with van der Waals surface area (Å²) in [5.41, 5.74) is 7.91. The number of phosphoric ester groups is 2. The summed E-state index contributed by atoms with van der Waals surface area (Å²) in [5, 5.41) is 18.4.